The number of hydrogen-bond donors (Lipinski definition) is 6. The molecule has 1 aromatic carbocycles. The SMILES string of the molecule is CCN(CC)c1ccc(O)c2c1[C@H](C)C1C(=C2O)C(=O)[C@]2(O)C(O)=C(C(N)=O)C(=O)[C@@H](N(C)C)C2[C@H]1O. The number of Topliss-reactive ketones (excluding diaryl/α,β-unsaturated/α-hetero) is 2. The molecule has 0 spiro atoms. The van der Waals surface area contributed by atoms with Crippen LogP contribution >= 0.6 is 0 Å². The van der Waals surface area contributed by atoms with Gasteiger partial charge in [-0.2, -0.15) is 0 Å². The Hall–Kier alpha value is -3.41. The third kappa shape index (κ3) is 3.34. The number of carbonyl (C=O) groups excluding carboxylic acids is 3. The number of rotatable bonds is 5. The predicted octanol–water partition coefficient (Wildman–Crippen LogP) is 0.342. The lowest BCUT2D eigenvalue weighted by molar-refractivity contribution is -0.169. The van der Waals surface area contributed by atoms with E-state index in [0.29, 0.717) is 24.3 Å². The summed E-state index contributed by atoms with van der Waals surface area (Å²) in [6, 6.07) is 1.71. The Balaban J connectivity index is 2.07. The molecule has 0 aliphatic heterocycles. The van der Waals surface area contributed by atoms with E-state index in [1.807, 2.05) is 18.7 Å². The molecular weight excluding hydrogens is 482 g/mol. The number of likely N-dealkylation sites (N-methyl/N-ethyl adjacent to an activating group) is 1. The van der Waals surface area contributed by atoms with Crippen molar-refractivity contribution in [2.75, 3.05) is 32.1 Å². The summed E-state index contributed by atoms with van der Waals surface area (Å²) in [5.41, 5.74) is 2.25. The number of anilines is 1. The molecular formula is C26H33N3O8. The molecule has 1 amide bonds. The lowest BCUT2D eigenvalue weighted by Crippen LogP contribution is -2.70. The lowest BCUT2D eigenvalue weighted by atomic mass is 9.54. The molecule has 6 atom stereocenters. The van der Waals surface area contributed by atoms with E-state index in [1.54, 1.807) is 13.0 Å². The fourth-order valence-electron chi connectivity index (χ4n) is 6.51. The van der Waals surface area contributed by atoms with Crippen LogP contribution in [0.3, 0.4) is 0 Å². The third-order valence-corrected chi connectivity index (χ3v) is 8.19. The number of fused-ring (bicyclic) bond motifs is 3. The number of ketones is 2. The van der Waals surface area contributed by atoms with Crippen LogP contribution in [-0.2, 0) is 14.4 Å². The largest absolute Gasteiger partial charge is 0.508 e. The molecule has 11 heteroatoms. The van der Waals surface area contributed by atoms with Gasteiger partial charge in [-0.3, -0.25) is 19.3 Å². The quantitative estimate of drug-likeness (QED) is 0.299. The average molecular weight is 516 g/mol. The summed E-state index contributed by atoms with van der Waals surface area (Å²) in [4.78, 5) is 42.7. The number of phenols is 1. The van der Waals surface area contributed by atoms with Crippen LogP contribution in [0.5, 0.6) is 5.75 Å². The molecule has 1 fully saturated rings. The van der Waals surface area contributed by atoms with Gasteiger partial charge in [0.25, 0.3) is 5.91 Å². The molecule has 1 saturated carbocycles. The van der Waals surface area contributed by atoms with E-state index in [-0.39, 0.29) is 11.3 Å². The van der Waals surface area contributed by atoms with Gasteiger partial charge in [0.1, 0.15) is 22.8 Å². The number of aromatic hydroxyl groups is 1. The van der Waals surface area contributed by atoms with E-state index in [1.165, 1.54) is 25.1 Å². The van der Waals surface area contributed by atoms with Crippen molar-refractivity contribution >= 4 is 28.9 Å². The first-order valence-electron chi connectivity index (χ1n) is 12.2. The zero-order valence-corrected chi connectivity index (χ0v) is 21.4. The Morgan fingerprint density at radius 1 is 1.11 bits per heavy atom. The minimum Gasteiger partial charge on any atom is -0.508 e. The fourth-order valence-corrected chi connectivity index (χ4v) is 6.51. The zero-order chi connectivity index (χ0) is 27.7. The second-order valence-corrected chi connectivity index (χ2v) is 10.1. The third-order valence-electron chi connectivity index (χ3n) is 8.19. The molecule has 0 saturated heterocycles. The second kappa shape index (κ2) is 8.86. The van der Waals surface area contributed by atoms with Gasteiger partial charge >= 0.3 is 0 Å². The number of aliphatic hydroxyl groups is 4. The molecule has 0 heterocycles. The number of primary amides is 1. The molecule has 3 aliphatic carbocycles. The summed E-state index contributed by atoms with van der Waals surface area (Å²) < 4.78 is 0. The topological polar surface area (TPSA) is 185 Å². The molecule has 11 nitrogen and oxygen atoms in total. The van der Waals surface area contributed by atoms with Gasteiger partial charge in [-0.05, 0) is 51.6 Å². The van der Waals surface area contributed by atoms with Crippen LogP contribution in [0.25, 0.3) is 5.76 Å². The van der Waals surface area contributed by atoms with Crippen molar-refractivity contribution in [3.8, 4) is 5.75 Å². The molecule has 3 aliphatic rings. The maximum atomic E-state index is 14.0. The number of nitrogens with zero attached hydrogens (tertiary/aromatic N) is 2. The standard InChI is InChI=1S/C26H33N3O8/c1-6-29(7-2)11-8-9-12(30)15-13(11)10(3)14-16(20(15)31)23(34)26(37)18(21(14)32)19(28(4)5)22(33)17(24(26)35)25(27)36/h8-10,14,18-19,21,30-32,35,37H,6-7H2,1-5H3,(H2,27,36)/t10-,14?,18?,19-,21-,26-/m0/s1. The maximum Gasteiger partial charge on any atom is 0.255 e. The average Bonchev–Trinajstić information content (AvgIpc) is 2.82. The first kappa shape index (κ1) is 26.6. The Morgan fingerprint density at radius 2 is 1.70 bits per heavy atom. The van der Waals surface area contributed by atoms with Gasteiger partial charge in [0.15, 0.2) is 11.4 Å². The summed E-state index contributed by atoms with van der Waals surface area (Å²) in [6.07, 6.45) is -1.62. The van der Waals surface area contributed by atoms with E-state index in [2.05, 4.69) is 0 Å². The van der Waals surface area contributed by atoms with E-state index in [4.69, 9.17) is 5.73 Å². The Morgan fingerprint density at radius 3 is 2.22 bits per heavy atom. The maximum absolute atomic E-state index is 14.0. The van der Waals surface area contributed by atoms with E-state index in [9.17, 15) is 39.9 Å². The molecule has 1 aromatic rings. The van der Waals surface area contributed by atoms with Crippen molar-refractivity contribution in [1.29, 1.82) is 0 Å². The van der Waals surface area contributed by atoms with E-state index >= 15 is 0 Å². The van der Waals surface area contributed by atoms with Gasteiger partial charge in [0.05, 0.1) is 23.6 Å². The first-order chi connectivity index (χ1) is 17.3. The monoisotopic (exact) mass is 515 g/mol. The van der Waals surface area contributed by atoms with Gasteiger partial charge < -0.3 is 36.2 Å². The first-order valence-corrected chi connectivity index (χ1v) is 12.2. The van der Waals surface area contributed by atoms with E-state index in [0.717, 1.165) is 0 Å². The molecule has 0 bridgehead atoms. The molecule has 2 unspecified atom stereocenters. The number of carbonyl (C=O) groups is 3. The zero-order valence-electron chi connectivity index (χ0n) is 21.4. The molecule has 37 heavy (non-hydrogen) atoms. The summed E-state index contributed by atoms with van der Waals surface area (Å²) in [5, 5.41) is 56.5. The molecule has 0 radical (unpaired) electrons. The van der Waals surface area contributed by atoms with Crippen LogP contribution in [0.1, 0.15) is 37.8 Å². The van der Waals surface area contributed by atoms with Crippen LogP contribution in [0.2, 0.25) is 0 Å². The van der Waals surface area contributed by atoms with Crippen LogP contribution in [-0.4, -0.2) is 92.8 Å². The van der Waals surface area contributed by atoms with Gasteiger partial charge in [-0.1, -0.05) is 6.92 Å². The molecule has 0 aromatic heterocycles. The van der Waals surface area contributed by atoms with Crippen molar-refractivity contribution < 1.29 is 39.9 Å². The highest BCUT2D eigenvalue weighted by Crippen LogP contribution is 2.57. The normalized spacial score (nSPS) is 31.3. The van der Waals surface area contributed by atoms with Crippen molar-refractivity contribution in [3.05, 3.63) is 40.2 Å². The van der Waals surface area contributed by atoms with Crippen LogP contribution in [0.4, 0.5) is 5.69 Å². The highest BCUT2D eigenvalue weighted by atomic mass is 16.4. The van der Waals surface area contributed by atoms with Gasteiger partial charge in [-0.25, -0.2) is 0 Å². The summed E-state index contributed by atoms with van der Waals surface area (Å²) >= 11 is 0. The second-order valence-electron chi connectivity index (χ2n) is 10.1. The van der Waals surface area contributed by atoms with Crippen LogP contribution in [0, 0.1) is 11.8 Å². The predicted molar refractivity (Wildman–Crippen MR) is 134 cm³/mol. The number of phenolic OH excluding ortho intramolecular Hbond substituents is 1. The summed E-state index contributed by atoms with van der Waals surface area (Å²) in [5.74, 6) is -8.99. The highest BCUT2D eigenvalue weighted by molar-refractivity contribution is 6.24. The van der Waals surface area contributed by atoms with Crippen molar-refractivity contribution in [2.45, 2.75) is 44.4 Å². The minimum absolute atomic E-state index is 0.0135. The van der Waals surface area contributed by atoms with Gasteiger partial charge in [0, 0.05) is 30.3 Å². The van der Waals surface area contributed by atoms with Crippen LogP contribution in [0.15, 0.2) is 29.0 Å². The van der Waals surface area contributed by atoms with Crippen molar-refractivity contribution in [3.63, 3.8) is 0 Å². The van der Waals surface area contributed by atoms with Crippen molar-refractivity contribution in [1.82, 2.24) is 4.90 Å². The number of benzene rings is 1. The number of amides is 1. The van der Waals surface area contributed by atoms with E-state index < -0.39 is 75.6 Å². The van der Waals surface area contributed by atoms with Gasteiger partial charge in [-0.15, -0.1) is 0 Å². The number of hydrogen-bond acceptors (Lipinski definition) is 10. The Kier molecular flexibility index (Phi) is 6.38. The summed E-state index contributed by atoms with van der Waals surface area (Å²) in [6.45, 7) is 6.83. The number of aliphatic hydroxyl groups excluding tert-OH is 3. The lowest BCUT2D eigenvalue weighted by Gasteiger charge is -2.54. The highest BCUT2D eigenvalue weighted by Gasteiger charge is 2.68. The smallest absolute Gasteiger partial charge is 0.255 e. The number of nitrogens with two attached hydrogens (primary N) is 1. The van der Waals surface area contributed by atoms with Crippen LogP contribution < -0.4 is 10.6 Å². The fraction of sp³-hybridized carbons (Fsp3) is 0.500. The molecule has 4 rings (SSSR count). The summed E-state index contributed by atoms with van der Waals surface area (Å²) in [7, 11) is 2.94. The minimum atomic E-state index is -2.92. The molecule has 200 valence electrons. The van der Waals surface area contributed by atoms with Gasteiger partial charge in [0.2, 0.25) is 5.78 Å². The Labute approximate surface area is 214 Å². The Bertz CT molecular complexity index is 1260. The van der Waals surface area contributed by atoms with Crippen molar-refractivity contribution in [2.24, 2.45) is 17.6 Å². The molecule has 7 N–H and O–H groups in total.